The Kier molecular flexibility index (Phi) is 7.39. The Labute approximate surface area is 132 Å². The largest absolute Gasteiger partial charge is 0.354 e. The van der Waals surface area contributed by atoms with E-state index in [1.165, 1.54) is 0 Å². The molecule has 1 aromatic rings. The lowest BCUT2D eigenvalue weighted by Crippen LogP contribution is -2.49. The second-order valence-electron chi connectivity index (χ2n) is 5.10. The number of hydrogen-bond acceptors (Lipinski definition) is 5. The maximum atomic E-state index is 11.6. The first kappa shape index (κ1) is 17.7. The summed E-state index contributed by atoms with van der Waals surface area (Å²) >= 11 is 0. The molecule has 21 heavy (non-hydrogen) atoms. The van der Waals surface area contributed by atoms with E-state index >= 15 is 0 Å². The molecule has 1 amide bonds. The minimum atomic E-state index is 0. The molecule has 0 radical (unpaired) electrons. The third-order valence-corrected chi connectivity index (χ3v) is 3.52. The molecular weight excluding hydrogens is 290 g/mol. The van der Waals surface area contributed by atoms with Crippen molar-refractivity contribution in [1.29, 1.82) is 0 Å². The van der Waals surface area contributed by atoms with E-state index in [1.807, 2.05) is 6.07 Å². The Hall–Kier alpha value is -1.40. The quantitative estimate of drug-likeness (QED) is 0.840. The first-order valence-corrected chi connectivity index (χ1v) is 7.22. The van der Waals surface area contributed by atoms with E-state index in [0.717, 1.165) is 43.9 Å². The molecule has 1 aliphatic heterocycles. The highest BCUT2D eigenvalue weighted by atomic mass is 35.5. The number of anilines is 1. The Morgan fingerprint density at radius 1 is 1.48 bits per heavy atom. The van der Waals surface area contributed by atoms with Crippen LogP contribution >= 0.6 is 12.4 Å². The van der Waals surface area contributed by atoms with Gasteiger partial charge in [0, 0.05) is 30.9 Å². The molecule has 1 fully saturated rings. The van der Waals surface area contributed by atoms with Crippen LogP contribution in [0.1, 0.15) is 25.5 Å². The number of carbonyl (C=O) groups excluding carboxylic acids is 1. The monoisotopic (exact) mass is 313 g/mol. The van der Waals surface area contributed by atoms with Gasteiger partial charge in [0.05, 0.1) is 6.54 Å². The standard InChI is InChI=1S/C14H23N5O.ClH/c1-3-11-7-13(17-10-16-11)19-6-4-5-12(9-19)18-14(20)8-15-2;/h7,10,12,15H,3-6,8-9H2,1-2H3,(H,18,20);1H. The number of carbonyl (C=O) groups is 1. The van der Waals surface area contributed by atoms with Crippen LogP contribution in [-0.2, 0) is 11.2 Å². The van der Waals surface area contributed by atoms with Crippen molar-refractivity contribution in [3.05, 3.63) is 18.1 Å². The normalized spacial score (nSPS) is 18.0. The molecule has 1 saturated heterocycles. The van der Waals surface area contributed by atoms with Crippen LogP contribution in [-0.4, -0.2) is 48.6 Å². The lowest BCUT2D eigenvalue weighted by molar-refractivity contribution is -0.120. The molecule has 118 valence electrons. The van der Waals surface area contributed by atoms with Gasteiger partial charge in [-0.25, -0.2) is 9.97 Å². The molecule has 1 atom stereocenters. The molecule has 2 N–H and O–H groups in total. The number of piperidine rings is 1. The summed E-state index contributed by atoms with van der Waals surface area (Å²) in [5.74, 6) is 1.01. The van der Waals surface area contributed by atoms with E-state index < -0.39 is 0 Å². The minimum Gasteiger partial charge on any atom is -0.354 e. The number of aromatic nitrogens is 2. The Morgan fingerprint density at radius 3 is 3.00 bits per heavy atom. The maximum Gasteiger partial charge on any atom is 0.234 e. The van der Waals surface area contributed by atoms with Crippen molar-refractivity contribution in [2.75, 3.05) is 31.6 Å². The second kappa shape index (κ2) is 8.79. The van der Waals surface area contributed by atoms with E-state index in [0.29, 0.717) is 6.54 Å². The Balaban J connectivity index is 0.00000220. The van der Waals surface area contributed by atoms with Crippen LogP contribution < -0.4 is 15.5 Å². The van der Waals surface area contributed by atoms with Crippen LogP contribution in [0.5, 0.6) is 0 Å². The number of amides is 1. The fourth-order valence-corrected chi connectivity index (χ4v) is 2.49. The summed E-state index contributed by atoms with van der Waals surface area (Å²) < 4.78 is 0. The SMILES string of the molecule is CCc1cc(N2CCCC(NC(=O)CNC)C2)ncn1.Cl. The minimum absolute atomic E-state index is 0. The predicted molar refractivity (Wildman–Crippen MR) is 86.0 cm³/mol. The first-order valence-electron chi connectivity index (χ1n) is 7.22. The van der Waals surface area contributed by atoms with Crippen LogP contribution in [0.3, 0.4) is 0 Å². The molecule has 2 rings (SSSR count). The van der Waals surface area contributed by atoms with Gasteiger partial charge in [-0.2, -0.15) is 0 Å². The summed E-state index contributed by atoms with van der Waals surface area (Å²) in [7, 11) is 1.78. The summed E-state index contributed by atoms with van der Waals surface area (Å²) in [6.45, 7) is 4.25. The smallest absolute Gasteiger partial charge is 0.234 e. The zero-order chi connectivity index (χ0) is 14.4. The van der Waals surface area contributed by atoms with Crippen molar-refractivity contribution in [3.63, 3.8) is 0 Å². The van der Waals surface area contributed by atoms with Gasteiger partial charge in [-0.05, 0) is 26.3 Å². The second-order valence-corrected chi connectivity index (χ2v) is 5.10. The van der Waals surface area contributed by atoms with Crippen molar-refractivity contribution < 1.29 is 4.79 Å². The number of rotatable bonds is 5. The highest BCUT2D eigenvalue weighted by molar-refractivity contribution is 5.85. The summed E-state index contributed by atoms with van der Waals surface area (Å²) in [6, 6.07) is 2.24. The molecule has 0 aromatic carbocycles. The van der Waals surface area contributed by atoms with Gasteiger partial charge in [-0.15, -0.1) is 12.4 Å². The maximum absolute atomic E-state index is 11.6. The van der Waals surface area contributed by atoms with E-state index in [9.17, 15) is 4.79 Å². The average Bonchev–Trinajstić information content (AvgIpc) is 2.48. The summed E-state index contributed by atoms with van der Waals surface area (Å²) in [5.41, 5.74) is 1.05. The van der Waals surface area contributed by atoms with Gasteiger partial charge in [0.25, 0.3) is 0 Å². The molecule has 0 aliphatic carbocycles. The number of aryl methyl sites for hydroxylation is 1. The van der Waals surface area contributed by atoms with Gasteiger partial charge in [-0.1, -0.05) is 6.92 Å². The molecule has 1 aromatic heterocycles. The van der Waals surface area contributed by atoms with Crippen LogP contribution in [0.2, 0.25) is 0 Å². The van der Waals surface area contributed by atoms with Crippen LogP contribution in [0.4, 0.5) is 5.82 Å². The van der Waals surface area contributed by atoms with E-state index in [1.54, 1.807) is 13.4 Å². The van der Waals surface area contributed by atoms with Crippen molar-refractivity contribution in [1.82, 2.24) is 20.6 Å². The van der Waals surface area contributed by atoms with Crippen LogP contribution in [0.25, 0.3) is 0 Å². The summed E-state index contributed by atoms with van der Waals surface area (Å²) in [4.78, 5) is 22.4. The van der Waals surface area contributed by atoms with E-state index in [-0.39, 0.29) is 24.4 Å². The number of hydrogen-bond donors (Lipinski definition) is 2. The molecule has 0 bridgehead atoms. The Morgan fingerprint density at radius 2 is 2.29 bits per heavy atom. The first-order chi connectivity index (χ1) is 9.72. The molecular formula is C14H24ClN5O. The third kappa shape index (κ3) is 5.13. The predicted octanol–water partition coefficient (Wildman–Crippen LogP) is 0.765. The van der Waals surface area contributed by atoms with Crippen molar-refractivity contribution >= 4 is 24.1 Å². The lowest BCUT2D eigenvalue weighted by atomic mass is 10.1. The van der Waals surface area contributed by atoms with Crippen molar-refractivity contribution in [2.24, 2.45) is 0 Å². The number of likely N-dealkylation sites (N-methyl/N-ethyl adjacent to an activating group) is 1. The number of nitrogens with one attached hydrogen (secondary N) is 2. The summed E-state index contributed by atoms with van der Waals surface area (Å²) in [5, 5.41) is 5.93. The highest BCUT2D eigenvalue weighted by Crippen LogP contribution is 2.18. The lowest BCUT2D eigenvalue weighted by Gasteiger charge is -2.34. The molecule has 1 aliphatic rings. The molecule has 1 unspecified atom stereocenters. The number of halogens is 1. The number of nitrogens with zero attached hydrogens (tertiary/aromatic N) is 3. The summed E-state index contributed by atoms with van der Waals surface area (Å²) in [6.07, 6.45) is 4.62. The van der Waals surface area contributed by atoms with Gasteiger partial charge in [0.15, 0.2) is 0 Å². The average molecular weight is 314 g/mol. The van der Waals surface area contributed by atoms with Crippen LogP contribution in [0.15, 0.2) is 12.4 Å². The molecule has 6 nitrogen and oxygen atoms in total. The van der Waals surface area contributed by atoms with Gasteiger partial charge < -0.3 is 15.5 Å². The van der Waals surface area contributed by atoms with Crippen molar-refractivity contribution in [3.8, 4) is 0 Å². The van der Waals surface area contributed by atoms with E-state index in [4.69, 9.17) is 0 Å². The van der Waals surface area contributed by atoms with E-state index in [2.05, 4.69) is 32.4 Å². The molecule has 0 saturated carbocycles. The zero-order valence-corrected chi connectivity index (χ0v) is 13.4. The van der Waals surface area contributed by atoms with Gasteiger partial charge in [0.1, 0.15) is 12.1 Å². The fourth-order valence-electron chi connectivity index (χ4n) is 2.49. The van der Waals surface area contributed by atoms with Gasteiger partial charge in [0.2, 0.25) is 5.91 Å². The zero-order valence-electron chi connectivity index (χ0n) is 12.6. The molecule has 2 heterocycles. The highest BCUT2D eigenvalue weighted by Gasteiger charge is 2.22. The van der Waals surface area contributed by atoms with Gasteiger partial charge >= 0.3 is 0 Å². The van der Waals surface area contributed by atoms with Gasteiger partial charge in [-0.3, -0.25) is 4.79 Å². The Bertz CT molecular complexity index is 457. The van der Waals surface area contributed by atoms with Crippen LogP contribution in [0, 0.1) is 0 Å². The third-order valence-electron chi connectivity index (χ3n) is 3.52. The topological polar surface area (TPSA) is 70.2 Å². The fraction of sp³-hybridized carbons (Fsp3) is 0.643. The molecule has 0 spiro atoms. The molecule has 7 heteroatoms. The van der Waals surface area contributed by atoms with Crippen molar-refractivity contribution in [2.45, 2.75) is 32.2 Å².